The van der Waals surface area contributed by atoms with Crippen LogP contribution in [0.25, 0.3) is 0 Å². The van der Waals surface area contributed by atoms with E-state index in [1.807, 2.05) is 30.3 Å². The van der Waals surface area contributed by atoms with Gasteiger partial charge in [0.1, 0.15) is 6.10 Å². The molecule has 1 fully saturated rings. The van der Waals surface area contributed by atoms with E-state index >= 15 is 0 Å². The molecule has 0 saturated carbocycles. The topological polar surface area (TPSA) is 38.3 Å². The lowest BCUT2D eigenvalue weighted by atomic mass is 9.95. The van der Waals surface area contributed by atoms with Crippen LogP contribution in [0.5, 0.6) is 0 Å². The lowest BCUT2D eigenvalue weighted by molar-refractivity contribution is -0.148. The highest BCUT2D eigenvalue weighted by Gasteiger charge is 2.26. The summed E-state index contributed by atoms with van der Waals surface area (Å²) < 4.78 is 5.47. The fraction of sp³-hybridized carbons (Fsp3) is 0.500. The third kappa shape index (κ3) is 4.00. The summed E-state index contributed by atoms with van der Waals surface area (Å²) in [5.74, 6) is -0.216. The van der Waals surface area contributed by atoms with Gasteiger partial charge in [-0.2, -0.15) is 0 Å². The Morgan fingerprint density at radius 1 is 1.33 bits per heavy atom. The van der Waals surface area contributed by atoms with Crippen molar-refractivity contribution in [3.63, 3.8) is 0 Å². The number of benzene rings is 1. The number of halogens is 1. The molecule has 0 amide bonds. The molecule has 18 heavy (non-hydrogen) atoms. The molecular formula is C14H20ClNO2. The summed E-state index contributed by atoms with van der Waals surface area (Å²) in [5.41, 5.74) is 1.07. The Balaban J connectivity index is 0.00000162. The van der Waals surface area contributed by atoms with E-state index in [-0.39, 0.29) is 30.5 Å². The lowest BCUT2D eigenvalue weighted by Gasteiger charge is -2.31. The zero-order valence-electron chi connectivity index (χ0n) is 10.6. The molecule has 4 heteroatoms. The molecule has 2 atom stereocenters. The van der Waals surface area contributed by atoms with Crippen LogP contribution in [-0.4, -0.2) is 18.6 Å². The van der Waals surface area contributed by atoms with Gasteiger partial charge in [-0.1, -0.05) is 36.8 Å². The van der Waals surface area contributed by atoms with Gasteiger partial charge in [-0.15, -0.1) is 12.4 Å². The number of carbonyl (C=O) groups excluding carboxylic acids is 1. The summed E-state index contributed by atoms with van der Waals surface area (Å²) >= 11 is 0. The maximum absolute atomic E-state index is 11.2. The Kier molecular flexibility index (Phi) is 6.16. The Hall–Kier alpha value is -1.06. The summed E-state index contributed by atoms with van der Waals surface area (Å²) in [5, 5.41) is 3.45. The maximum Gasteiger partial charge on any atom is 0.303 e. The molecule has 2 rings (SSSR count). The average Bonchev–Trinajstić information content (AvgIpc) is 2.38. The number of hydrogen-bond acceptors (Lipinski definition) is 3. The van der Waals surface area contributed by atoms with E-state index < -0.39 is 0 Å². The second-order valence-electron chi connectivity index (χ2n) is 4.50. The third-order valence-electron chi connectivity index (χ3n) is 3.13. The van der Waals surface area contributed by atoms with Gasteiger partial charge in [0.2, 0.25) is 0 Å². The summed E-state index contributed by atoms with van der Waals surface area (Å²) in [6.45, 7) is 2.48. The smallest absolute Gasteiger partial charge is 0.303 e. The highest BCUT2D eigenvalue weighted by molar-refractivity contribution is 5.85. The maximum atomic E-state index is 11.2. The molecule has 0 bridgehead atoms. The van der Waals surface area contributed by atoms with Crippen LogP contribution in [0.4, 0.5) is 0 Å². The van der Waals surface area contributed by atoms with Crippen LogP contribution in [0, 0.1) is 0 Å². The number of hydrogen-bond donors (Lipinski definition) is 1. The van der Waals surface area contributed by atoms with Crippen molar-refractivity contribution < 1.29 is 9.53 Å². The van der Waals surface area contributed by atoms with Gasteiger partial charge in [-0.25, -0.2) is 0 Å². The molecule has 0 spiro atoms. The van der Waals surface area contributed by atoms with E-state index in [0.29, 0.717) is 0 Å². The normalized spacial score (nSPS) is 20.6. The van der Waals surface area contributed by atoms with Gasteiger partial charge < -0.3 is 10.1 Å². The quantitative estimate of drug-likeness (QED) is 0.858. The Labute approximate surface area is 114 Å². The van der Waals surface area contributed by atoms with Crippen LogP contribution in [0.1, 0.15) is 37.9 Å². The number of esters is 1. The Morgan fingerprint density at radius 3 is 2.61 bits per heavy atom. The predicted octanol–water partition coefficient (Wildman–Crippen LogP) is 2.85. The minimum Gasteiger partial charge on any atom is -0.456 e. The first-order valence-corrected chi connectivity index (χ1v) is 6.23. The fourth-order valence-electron chi connectivity index (χ4n) is 2.34. The van der Waals surface area contributed by atoms with Crippen molar-refractivity contribution in [1.82, 2.24) is 5.32 Å². The SMILES string of the molecule is CC(=O)O[C@@H](c1ccccc1)[C@@H]1CCCCN1.Cl. The van der Waals surface area contributed by atoms with Crippen LogP contribution in [0.15, 0.2) is 30.3 Å². The summed E-state index contributed by atoms with van der Waals surface area (Å²) in [7, 11) is 0. The molecule has 1 aromatic rings. The van der Waals surface area contributed by atoms with Crippen LogP contribution >= 0.6 is 12.4 Å². The van der Waals surface area contributed by atoms with Gasteiger partial charge in [0, 0.05) is 13.0 Å². The number of carbonyl (C=O) groups is 1. The molecule has 1 aliphatic rings. The molecule has 0 unspecified atom stereocenters. The van der Waals surface area contributed by atoms with Gasteiger partial charge in [-0.05, 0) is 24.9 Å². The number of rotatable bonds is 3. The van der Waals surface area contributed by atoms with Gasteiger partial charge in [-0.3, -0.25) is 4.79 Å². The second kappa shape index (κ2) is 7.39. The molecule has 0 aliphatic carbocycles. The molecule has 1 aliphatic heterocycles. The first-order chi connectivity index (χ1) is 8.27. The zero-order chi connectivity index (χ0) is 12.1. The minimum atomic E-state index is -0.216. The van der Waals surface area contributed by atoms with Crippen LogP contribution in [0.3, 0.4) is 0 Å². The molecule has 1 saturated heterocycles. The summed E-state index contributed by atoms with van der Waals surface area (Å²) in [6, 6.07) is 10.2. The van der Waals surface area contributed by atoms with Crippen molar-refractivity contribution in [2.24, 2.45) is 0 Å². The highest BCUT2D eigenvalue weighted by Crippen LogP contribution is 2.26. The second-order valence-corrected chi connectivity index (χ2v) is 4.50. The number of piperidine rings is 1. The molecule has 0 aromatic heterocycles. The molecule has 0 radical (unpaired) electrons. The van der Waals surface area contributed by atoms with Gasteiger partial charge >= 0.3 is 5.97 Å². The minimum absolute atomic E-state index is 0. The van der Waals surface area contributed by atoms with Crippen LogP contribution in [0.2, 0.25) is 0 Å². The molecular weight excluding hydrogens is 250 g/mol. The standard InChI is InChI=1S/C14H19NO2.ClH/c1-11(16)17-14(12-7-3-2-4-8-12)13-9-5-6-10-15-13;/h2-4,7-8,13-15H,5-6,9-10H2,1H3;1H/t13-,14-;/m0./s1. The van der Waals surface area contributed by atoms with Crippen LogP contribution < -0.4 is 5.32 Å². The van der Waals surface area contributed by atoms with Gasteiger partial charge in [0.15, 0.2) is 0 Å². The molecule has 1 aromatic carbocycles. The largest absolute Gasteiger partial charge is 0.456 e. The molecule has 3 nitrogen and oxygen atoms in total. The Bertz CT molecular complexity index is 363. The molecule has 1 N–H and O–H groups in total. The number of ether oxygens (including phenoxy) is 1. The van der Waals surface area contributed by atoms with Crippen molar-refractivity contribution in [3.05, 3.63) is 35.9 Å². The molecule has 1 heterocycles. The van der Waals surface area contributed by atoms with E-state index in [4.69, 9.17) is 4.74 Å². The first kappa shape index (κ1) is 15.0. The zero-order valence-corrected chi connectivity index (χ0v) is 11.4. The van der Waals surface area contributed by atoms with E-state index in [1.165, 1.54) is 19.8 Å². The monoisotopic (exact) mass is 269 g/mol. The average molecular weight is 270 g/mol. The van der Waals surface area contributed by atoms with Gasteiger partial charge in [0.25, 0.3) is 0 Å². The van der Waals surface area contributed by atoms with E-state index in [1.54, 1.807) is 0 Å². The van der Waals surface area contributed by atoms with Gasteiger partial charge in [0.05, 0.1) is 0 Å². The molecule has 100 valence electrons. The summed E-state index contributed by atoms with van der Waals surface area (Å²) in [6.07, 6.45) is 3.31. The van der Waals surface area contributed by atoms with E-state index in [2.05, 4.69) is 5.32 Å². The number of nitrogens with one attached hydrogen (secondary N) is 1. The van der Waals surface area contributed by atoms with Crippen molar-refractivity contribution in [3.8, 4) is 0 Å². The van der Waals surface area contributed by atoms with Crippen LogP contribution in [-0.2, 0) is 9.53 Å². The highest BCUT2D eigenvalue weighted by atomic mass is 35.5. The van der Waals surface area contributed by atoms with Crippen molar-refractivity contribution in [2.75, 3.05) is 6.54 Å². The van der Waals surface area contributed by atoms with E-state index in [0.717, 1.165) is 18.5 Å². The third-order valence-corrected chi connectivity index (χ3v) is 3.13. The fourth-order valence-corrected chi connectivity index (χ4v) is 2.34. The predicted molar refractivity (Wildman–Crippen MR) is 73.8 cm³/mol. The van der Waals surface area contributed by atoms with E-state index in [9.17, 15) is 4.79 Å². The first-order valence-electron chi connectivity index (χ1n) is 6.23. The Morgan fingerprint density at radius 2 is 2.06 bits per heavy atom. The van der Waals surface area contributed by atoms with Crippen molar-refractivity contribution in [2.45, 2.75) is 38.3 Å². The lowest BCUT2D eigenvalue weighted by Crippen LogP contribution is -2.40. The van der Waals surface area contributed by atoms with Crippen molar-refractivity contribution >= 4 is 18.4 Å². The van der Waals surface area contributed by atoms with Crippen molar-refractivity contribution in [1.29, 1.82) is 0 Å². The summed E-state index contributed by atoms with van der Waals surface area (Å²) in [4.78, 5) is 11.2.